The molecule has 1 aromatic carbocycles. The number of benzene rings is 1. The first-order valence-corrected chi connectivity index (χ1v) is 9.15. The number of aryl methyl sites for hydroxylation is 2. The van der Waals surface area contributed by atoms with Gasteiger partial charge in [-0.3, -0.25) is 19.8 Å². The summed E-state index contributed by atoms with van der Waals surface area (Å²) in [5, 5.41) is 3.10. The van der Waals surface area contributed by atoms with Crippen molar-refractivity contribution in [3.05, 3.63) is 46.5 Å². The fourth-order valence-electron chi connectivity index (χ4n) is 2.77. The number of hydrogen-bond acceptors (Lipinski definition) is 5. The monoisotopic (exact) mass is 358 g/mol. The summed E-state index contributed by atoms with van der Waals surface area (Å²) in [6, 6.07) is 10.3. The van der Waals surface area contributed by atoms with Crippen molar-refractivity contribution in [2.24, 2.45) is 0 Å². The van der Waals surface area contributed by atoms with E-state index in [2.05, 4.69) is 27.3 Å². The summed E-state index contributed by atoms with van der Waals surface area (Å²) in [6.07, 6.45) is 0. The first-order chi connectivity index (χ1) is 12.0. The van der Waals surface area contributed by atoms with Crippen LogP contribution in [-0.4, -0.2) is 52.8 Å². The SMILES string of the molecule is Cc1nc(NC(=O)C(=O)N2CCN(Cc3ccccc3)CC2)sc1C. The maximum Gasteiger partial charge on any atom is 0.315 e. The van der Waals surface area contributed by atoms with Crippen LogP contribution in [0.25, 0.3) is 0 Å². The summed E-state index contributed by atoms with van der Waals surface area (Å²) in [4.78, 5) is 33.7. The van der Waals surface area contributed by atoms with Crippen molar-refractivity contribution < 1.29 is 9.59 Å². The van der Waals surface area contributed by atoms with Gasteiger partial charge in [0.25, 0.3) is 0 Å². The molecule has 1 aliphatic rings. The van der Waals surface area contributed by atoms with Crippen molar-refractivity contribution in [2.45, 2.75) is 20.4 Å². The number of carbonyl (C=O) groups is 2. The van der Waals surface area contributed by atoms with Crippen LogP contribution in [0.15, 0.2) is 30.3 Å². The second-order valence-electron chi connectivity index (χ2n) is 6.17. The molecule has 2 heterocycles. The van der Waals surface area contributed by atoms with E-state index in [4.69, 9.17) is 0 Å². The fraction of sp³-hybridized carbons (Fsp3) is 0.389. The van der Waals surface area contributed by atoms with Gasteiger partial charge in [-0.15, -0.1) is 11.3 Å². The van der Waals surface area contributed by atoms with Gasteiger partial charge in [0, 0.05) is 37.6 Å². The van der Waals surface area contributed by atoms with E-state index in [-0.39, 0.29) is 0 Å². The van der Waals surface area contributed by atoms with Gasteiger partial charge in [-0.05, 0) is 19.4 Å². The first kappa shape index (κ1) is 17.6. The maximum absolute atomic E-state index is 12.3. The summed E-state index contributed by atoms with van der Waals surface area (Å²) in [5.41, 5.74) is 2.14. The minimum Gasteiger partial charge on any atom is -0.332 e. The van der Waals surface area contributed by atoms with E-state index in [1.54, 1.807) is 4.90 Å². The summed E-state index contributed by atoms with van der Waals surface area (Å²) in [6.45, 7) is 7.36. The van der Waals surface area contributed by atoms with Gasteiger partial charge in [-0.2, -0.15) is 0 Å². The molecule has 0 saturated carbocycles. The lowest BCUT2D eigenvalue weighted by atomic mass is 10.2. The average molecular weight is 358 g/mol. The predicted molar refractivity (Wildman–Crippen MR) is 98.5 cm³/mol. The van der Waals surface area contributed by atoms with Crippen LogP contribution in [0, 0.1) is 13.8 Å². The molecule has 0 radical (unpaired) electrons. The van der Waals surface area contributed by atoms with E-state index in [1.807, 2.05) is 32.0 Å². The molecule has 132 valence electrons. The van der Waals surface area contributed by atoms with Crippen LogP contribution in [0.4, 0.5) is 5.13 Å². The van der Waals surface area contributed by atoms with Crippen molar-refractivity contribution in [3.63, 3.8) is 0 Å². The van der Waals surface area contributed by atoms with Gasteiger partial charge in [0.2, 0.25) is 0 Å². The Bertz CT molecular complexity index is 732. The van der Waals surface area contributed by atoms with Gasteiger partial charge in [0.1, 0.15) is 0 Å². The molecule has 0 atom stereocenters. The van der Waals surface area contributed by atoms with E-state index in [0.717, 1.165) is 30.2 Å². The number of amides is 2. The molecular weight excluding hydrogens is 336 g/mol. The van der Waals surface area contributed by atoms with Gasteiger partial charge < -0.3 is 4.90 Å². The fourth-order valence-corrected chi connectivity index (χ4v) is 3.58. The van der Waals surface area contributed by atoms with Crippen LogP contribution >= 0.6 is 11.3 Å². The van der Waals surface area contributed by atoms with E-state index in [9.17, 15) is 9.59 Å². The molecular formula is C18H22N4O2S. The average Bonchev–Trinajstić information content (AvgIpc) is 2.93. The molecule has 1 fully saturated rings. The molecule has 0 unspecified atom stereocenters. The highest BCUT2D eigenvalue weighted by Gasteiger charge is 2.26. The Balaban J connectivity index is 1.50. The van der Waals surface area contributed by atoms with E-state index in [1.165, 1.54) is 16.9 Å². The van der Waals surface area contributed by atoms with Crippen molar-refractivity contribution in [3.8, 4) is 0 Å². The Hall–Kier alpha value is -2.25. The van der Waals surface area contributed by atoms with Crippen LogP contribution in [0.1, 0.15) is 16.1 Å². The van der Waals surface area contributed by atoms with Crippen LogP contribution in [-0.2, 0) is 16.1 Å². The Morgan fingerprint density at radius 3 is 2.40 bits per heavy atom. The molecule has 0 bridgehead atoms. The van der Waals surface area contributed by atoms with Crippen LogP contribution in [0.2, 0.25) is 0 Å². The lowest BCUT2D eigenvalue weighted by Crippen LogP contribution is -2.51. The number of rotatable bonds is 3. The van der Waals surface area contributed by atoms with Gasteiger partial charge in [0.15, 0.2) is 5.13 Å². The molecule has 1 N–H and O–H groups in total. The molecule has 7 heteroatoms. The second-order valence-corrected chi connectivity index (χ2v) is 7.37. The Morgan fingerprint density at radius 2 is 1.80 bits per heavy atom. The smallest absolute Gasteiger partial charge is 0.315 e. The summed E-state index contributed by atoms with van der Waals surface area (Å²) in [5.74, 6) is -1.09. The number of hydrogen-bond donors (Lipinski definition) is 1. The third kappa shape index (κ3) is 4.43. The summed E-state index contributed by atoms with van der Waals surface area (Å²) in [7, 11) is 0. The van der Waals surface area contributed by atoms with Crippen molar-refractivity contribution in [1.29, 1.82) is 0 Å². The number of carbonyl (C=O) groups excluding carboxylic acids is 2. The van der Waals surface area contributed by atoms with Crippen molar-refractivity contribution >= 4 is 28.3 Å². The van der Waals surface area contributed by atoms with Gasteiger partial charge in [-0.25, -0.2) is 4.98 Å². The highest BCUT2D eigenvalue weighted by molar-refractivity contribution is 7.15. The molecule has 0 aliphatic carbocycles. The Morgan fingerprint density at radius 1 is 1.12 bits per heavy atom. The zero-order valence-corrected chi connectivity index (χ0v) is 15.3. The van der Waals surface area contributed by atoms with Gasteiger partial charge in [-0.1, -0.05) is 30.3 Å². The third-order valence-corrected chi connectivity index (χ3v) is 5.34. The third-order valence-electron chi connectivity index (χ3n) is 4.35. The molecule has 1 saturated heterocycles. The molecule has 25 heavy (non-hydrogen) atoms. The summed E-state index contributed by atoms with van der Waals surface area (Å²) < 4.78 is 0. The van der Waals surface area contributed by atoms with Crippen LogP contribution in [0.5, 0.6) is 0 Å². The zero-order chi connectivity index (χ0) is 17.8. The lowest BCUT2D eigenvalue weighted by molar-refractivity contribution is -0.144. The topological polar surface area (TPSA) is 65.5 Å². The highest BCUT2D eigenvalue weighted by atomic mass is 32.1. The minimum atomic E-state index is -0.606. The molecule has 0 spiro atoms. The van der Waals surface area contributed by atoms with E-state index in [0.29, 0.717) is 18.2 Å². The zero-order valence-electron chi connectivity index (χ0n) is 14.5. The van der Waals surface area contributed by atoms with E-state index < -0.39 is 11.8 Å². The quantitative estimate of drug-likeness (QED) is 0.853. The van der Waals surface area contributed by atoms with Gasteiger partial charge in [0.05, 0.1) is 5.69 Å². The van der Waals surface area contributed by atoms with Gasteiger partial charge >= 0.3 is 11.8 Å². The molecule has 1 aromatic heterocycles. The molecule has 2 amide bonds. The number of anilines is 1. The Labute approximate surface area is 151 Å². The second kappa shape index (κ2) is 7.76. The predicted octanol–water partition coefficient (Wildman–Crippen LogP) is 2.04. The lowest BCUT2D eigenvalue weighted by Gasteiger charge is -2.34. The number of aromatic nitrogens is 1. The number of nitrogens with one attached hydrogen (secondary N) is 1. The number of thiazole rings is 1. The highest BCUT2D eigenvalue weighted by Crippen LogP contribution is 2.21. The largest absolute Gasteiger partial charge is 0.332 e. The minimum absolute atomic E-state index is 0.482. The maximum atomic E-state index is 12.3. The number of nitrogens with zero attached hydrogens (tertiary/aromatic N) is 3. The standard InChI is InChI=1S/C18H22N4O2S/c1-13-14(2)25-18(19-13)20-16(23)17(24)22-10-8-21(9-11-22)12-15-6-4-3-5-7-15/h3-7H,8-12H2,1-2H3,(H,19,20,23). The molecule has 1 aliphatic heterocycles. The molecule has 3 rings (SSSR count). The van der Waals surface area contributed by atoms with Crippen LogP contribution < -0.4 is 5.32 Å². The van der Waals surface area contributed by atoms with Crippen LogP contribution in [0.3, 0.4) is 0 Å². The summed E-state index contributed by atoms with van der Waals surface area (Å²) >= 11 is 1.39. The van der Waals surface area contributed by atoms with Crippen molar-refractivity contribution in [2.75, 3.05) is 31.5 Å². The normalized spacial score (nSPS) is 15.2. The molecule has 2 aromatic rings. The molecule has 6 nitrogen and oxygen atoms in total. The van der Waals surface area contributed by atoms with Crippen molar-refractivity contribution in [1.82, 2.24) is 14.8 Å². The Kier molecular flexibility index (Phi) is 5.45. The van der Waals surface area contributed by atoms with E-state index >= 15 is 0 Å². The number of piperazine rings is 1. The first-order valence-electron chi connectivity index (χ1n) is 8.33.